The highest BCUT2D eigenvalue weighted by Crippen LogP contribution is 2.33. The number of aromatic nitrogens is 1. The van der Waals surface area contributed by atoms with Gasteiger partial charge >= 0.3 is 0 Å². The van der Waals surface area contributed by atoms with E-state index < -0.39 is 0 Å². The normalized spacial score (nSPS) is 16.4. The van der Waals surface area contributed by atoms with Crippen LogP contribution in [0.4, 0.5) is 0 Å². The van der Waals surface area contributed by atoms with Crippen molar-refractivity contribution < 1.29 is 14.1 Å². The van der Waals surface area contributed by atoms with E-state index in [0.717, 1.165) is 17.7 Å². The van der Waals surface area contributed by atoms with Gasteiger partial charge in [-0.1, -0.05) is 5.16 Å². The Labute approximate surface area is 123 Å². The number of nitrogens with zero attached hydrogens (tertiary/aromatic N) is 1. The van der Waals surface area contributed by atoms with Gasteiger partial charge in [0.15, 0.2) is 5.76 Å². The molecule has 0 saturated heterocycles. The first-order valence-electron chi connectivity index (χ1n) is 7.18. The van der Waals surface area contributed by atoms with Gasteiger partial charge in [-0.05, 0) is 37.6 Å². The molecule has 1 unspecified atom stereocenters. The maximum atomic E-state index is 11.5. The fourth-order valence-electron chi connectivity index (χ4n) is 2.53. The second kappa shape index (κ2) is 5.60. The van der Waals surface area contributed by atoms with Crippen molar-refractivity contribution in [2.45, 2.75) is 32.8 Å². The third kappa shape index (κ3) is 2.91. The number of fused-ring (bicyclic) bond motifs is 1. The van der Waals surface area contributed by atoms with Crippen LogP contribution in [0.15, 0.2) is 28.8 Å². The molecule has 0 spiro atoms. The van der Waals surface area contributed by atoms with Crippen LogP contribution in [0.2, 0.25) is 0 Å². The molecule has 1 aromatic heterocycles. The number of carbonyl (C=O) groups is 1. The van der Waals surface area contributed by atoms with Crippen molar-refractivity contribution in [2.24, 2.45) is 0 Å². The number of nitrogens with one attached hydrogen (secondary N) is 1. The molecule has 0 bridgehead atoms. The molecule has 1 N–H and O–H groups in total. The fraction of sp³-hybridized carbons (Fsp3) is 0.375. The Morgan fingerprint density at radius 1 is 1.43 bits per heavy atom. The fourth-order valence-corrected chi connectivity index (χ4v) is 2.53. The highest BCUT2D eigenvalue weighted by atomic mass is 16.5. The molecule has 2 heterocycles. The quantitative estimate of drug-likeness (QED) is 0.937. The maximum Gasteiger partial charge on any atom is 0.226 e. The molecule has 1 atom stereocenters. The van der Waals surface area contributed by atoms with Gasteiger partial charge in [-0.15, -0.1) is 0 Å². The molecule has 2 aromatic rings. The van der Waals surface area contributed by atoms with Crippen LogP contribution in [0.25, 0.3) is 11.3 Å². The highest BCUT2D eigenvalue weighted by molar-refractivity contribution is 5.78. The van der Waals surface area contributed by atoms with Crippen LogP contribution >= 0.6 is 0 Å². The average Bonchev–Trinajstić information content (AvgIpc) is 3.03. The molecular formula is C16H18N2O3. The Kier molecular flexibility index (Phi) is 3.64. The second-order valence-corrected chi connectivity index (χ2v) is 5.27. The van der Waals surface area contributed by atoms with Gasteiger partial charge in [0.25, 0.3) is 0 Å². The lowest BCUT2D eigenvalue weighted by molar-refractivity contribution is -0.120. The van der Waals surface area contributed by atoms with Crippen molar-refractivity contribution in [2.75, 3.05) is 6.54 Å². The molecule has 0 aliphatic carbocycles. The summed E-state index contributed by atoms with van der Waals surface area (Å²) >= 11 is 0. The number of benzene rings is 1. The van der Waals surface area contributed by atoms with E-state index in [4.69, 9.17) is 9.26 Å². The highest BCUT2D eigenvalue weighted by Gasteiger charge is 2.20. The summed E-state index contributed by atoms with van der Waals surface area (Å²) in [7, 11) is 0. The van der Waals surface area contributed by atoms with E-state index in [2.05, 4.69) is 23.5 Å². The van der Waals surface area contributed by atoms with Gasteiger partial charge in [0.05, 0.1) is 12.1 Å². The van der Waals surface area contributed by atoms with Gasteiger partial charge in [-0.3, -0.25) is 4.79 Å². The number of likely N-dealkylation sites (N-methyl/N-ethyl adjacent to an activating group) is 1. The summed E-state index contributed by atoms with van der Waals surface area (Å²) in [6, 6.07) is 7.79. The van der Waals surface area contributed by atoms with Crippen LogP contribution in [-0.4, -0.2) is 23.7 Å². The van der Waals surface area contributed by atoms with E-state index in [-0.39, 0.29) is 18.4 Å². The zero-order valence-electron chi connectivity index (χ0n) is 12.2. The Bertz CT molecular complexity index is 663. The van der Waals surface area contributed by atoms with Crippen LogP contribution in [0.1, 0.15) is 25.1 Å². The number of hydrogen-bond donors (Lipinski definition) is 1. The van der Waals surface area contributed by atoms with Crippen molar-refractivity contribution in [1.29, 1.82) is 0 Å². The predicted octanol–water partition coefficient (Wildman–Crippen LogP) is 2.34. The molecule has 1 aliphatic rings. The van der Waals surface area contributed by atoms with E-state index in [1.54, 1.807) is 0 Å². The molecule has 5 nitrogen and oxygen atoms in total. The first-order valence-corrected chi connectivity index (χ1v) is 7.18. The molecule has 110 valence electrons. The first kappa shape index (κ1) is 13.7. The number of ether oxygens (including phenoxy) is 1. The summed E-state index contributed by atoms with van der Waals surface area (Å²) in [5.41, 5.74) is 2.78. The Hall–Kier alpha value is -2.30. The average molecular weight is 286 g/mol. The van der Waals surface area contributed by atoms with Crippen LogP contribution in [0.5, 0.6) is 5.75 Å². The van der Waals surface area contributed by atoms with Gasteiger partial charge in [0.2, 0.25) is 5.91 Å². The lowest BCUT2D eigenvalue weighted by Gasteiger charge is -2.02. The van der Waals surface area contributed by atoms with Gasteiger partial charge in [-0.25, -0.2) is 0 Å². The van der Waals surface area contributed by atoms with Gasteiger partial charge < -0.3 is 14.6 Å². The Balaban J connectivity index is 1.78. The topological polar surface area (TPSA) is 64.4 Å². The summed E-state index contributed by atoms with van der Waals surface area (Å²) in [6.07, 6.45) is 1.36. The summed E-state index contributed by atoms with van der Waals surface area (Å²) in [4.78, 5) is 11.5. The van der Waals surface area contributed by atoms with E-state index in [1.165, 1.54) is 5.56 Å². The monoisotopic (exact) mass is 286 g/mol. The Morgan fingerprint density at radius 2 is 2.29 bits per heavy atom. The predicted molar refractivity (Wildman–Crippen MR) is 78.1 cm³/mol. The molecule has 0 radical (unpaired) electrons. The summed E-state index contributed by atoms with van der Waals surface area (Å²) in [5.74, 6) is 1.57. The van der Waals surface area contributed by atoms with Crippen LogP contribution in [-0.2, 0) is 17.6 Å². The molecule has 3 rings (SSSR count). The maximum absolute atomic E-state index is 11.5. The van der Waals surface area contributed by atoms with E-state index in [9.17, 15) is 4.79 Å². The van der Waals surface area contributed by atoms with Gasteiger partial charge in [0, 0.05) is 24.6 Å². The summed E-state index contributed by atoms with van der Waals surface area (Å²) in [6.45, 7) is 4.56. The lowest BCUT2D eigenvalue weighted by Crippen LogP contribution is -2.24. The summed E-state index contributed by atoms with van der Waals surface area (Å²) in [5, 5.41) is 6.70. The van der Waals surface area contributed by atoms with Crippen molar-refractivity contribution in [3.8, 4) is 17.1 Å². The molecule has 5 heteroatoms. The largest absolute Gasteiger partial charge is 0.490 e. The molecular weight excluding hydrogens is 268 g/mol. The smallest absolute Gasteiger partial charge is 0.226 e. The second-order valence-electron chi connectivity index (χ2n) is 5.27. The summed E-state index contributed by atoms with van der Waals surface area (Å²) < 4.78 is 11.0. The minimum atomic E-state index is -0.0477. The third-order valence-electron chi connectivity index (χ3n) is 3.46. The molecule has 1 aromatic carbocycles. The molecule has 0 fully saturated rings. The van der Waals surface area contributed by atoms with Crippen LogP contribution in [0, 0.1) is 0 Å². The van der Waals surface area contributed by atoms with E-state index in [1.807, 2.05) is 25.1 Å². The van der Waals surface area contributed by atoms with Crippen molar-refractivity contribution in [3.63, 3.8) is 0 Å². The van der Waals surface area contributed by atoms with E-state index >= 15 is 0 Å². The minimum absolute atomic E-state index is 0.0477. The van der Waals surface area contributed by atoms with Crippen LogP contribution in [0.3, 0.4) is 0 Å². The molecule has 1 amide bonds. The van der Waals surface area contributed by atoms with Gasteiger partial charge in [0.1, 0.15) is 11.9 Å². The minimum Gasteiger partial charge on any atom is -0.490 e. The number of hydrogen-bond acceptors (Lipinski definition) is 4. The van der Waals surface area contributed by atoms with Crippen molar-refractivity contribution in [3.05, 3.63) is 35.5 Å². The first-order chi connectivity index (χ1) is 10.2. The van der Waals surface area contributed by atoms with Crippen LogP contribution < -0.4 is 10.1 Å². The lowest BCUT2D eigenvalue weighted by atomic mass is 10.1. The van der Waals surface area contributed by atoms with Crippen molar-refractivity contribution >= 4 is 5.91 Å². The SMILES string of the molecule is CCNC(=O)Cc1cc(-c2ccc3c(c2)CC(C)O3)on1. The zero-order chi connectivity index (χ0) is 14.8. The molecule has 0 saturated carbocycles. The standard InChI is InChI=1S/C16H18N2O3/c1-3-17-16(19)9-13-8-15(21-18-13)11-4-5-14-12(7-11)6-10(2)20-14/h4-5,7-8,10H,3,6,9H2,1-2H3,(H,17,19). The Morgan fingerprint density at radius 3 is 3.10 bits per heavy atom. The number of carbonyl (C=O) groups excluding carboxylic acids is 1. The number of amides is 1. The molecule has 1 aliphatic heterocycles. The zero-order valence-corrected chi connectivity index (χ0v) is 12.2. The van der Waals surface area contributed by atoms with Crippen molar-refractivity contribution in [1.82, 2.24) is 10.5 Å². The van der Waals surface area contributed by atoms with Gasteiger partial charge in [-0.2, -0.15) is 0 Å². The number of rotatable bonds is 4. The molecule has 21 heavy (non-hydrogen) atoms. The third-order valence-corrected chi connectivity index (χ3v) is 3.46. The van der Waals surface area contributed by atoms with E-state index in [0.29, 0.717) is 18.0 Å².